The van der Waals surface area contributed by atoms with Crippen molar-refractivity contribution in [3.63, 3.8) is 0 Å². The van der Waals surface area contributed by atoms with Crippen LogP contribution in [0.2, 0.25) is 0 Å². The Balaban J connectivity index is 1.15. The second kappa shape index (κ2) is 15.3. The molecule has 4 heterocycles. The Labute approximate surface area is 296 Å². The Morgan fingerprint density at radius 1 is 0.827 bits per heavy atom. The zero-order valence-electron chi connectivity index (χ0n) is 28.9. The molecule has 0 radical (unpaired) electrons. The van der Waals surface area contributed by atoms with Gasteiger partial charge in [0.25, 0.3) is 0 Å². The van der Waals surface area contributed by atoms with Crippen LogP contribution in [-0.4, -0.2) is 71.0 Å². The SMILES string of the molecule is CCOc1ccc(-c2nc(Nc3cnn(C[C@@H](O)COc4nc(Nc5cnn(C)c5)nc(-c5cc(F)c(OC)c(F)c5)c4C)c3)ncc2C)cc1F. The molecule has 2 aromatic carbocycles. The minimum atomic E-state index is -1.05. The van der Waals surface area contributed by atoms with Gasteiger partial charge in [0.1, 0.15) is 12.7 Å². The Hall–Kier alpha value is -6.23. The van der Waals surface area contributed by atoms with Crippen LogP contribution in [0.3, 0.4) is 0 Å². The summed E-state index contributed by atoms with van der Waals surface area (Å²) < 4.78 is 63.0. The number of aromatic nitrogens is 8. The van der Waals surface area contributed by atoms with Gasteiger partial charge in [-0.3, -0.25) is 9.36 Å². The van der Waals surface area contributed by atoms with Crippen molar-refractivity contribution in [1.29, 1.82) is 0 Å². The first kappa shape index (κ1) is 35.6. The summed E-state index contributed by atoms with van der Waals surface area (Å²) in [4.78, 5) is 17.8. The van der Waals surface area contributed by atoms with Crippen LogP contribution in [0, 0.1) is 31.3 Å². The van der Waals surface area contributed by atoms with Crippen molar-refractivity contribution in [2.24, 2.45) is 7.05 Å². The van der Waals surface area contributed by atoms with Crippen molar-refractivity contribution >= 4 is 23.3 Å². The largest absolute Gasteiger partial charge is 0.491 e. The predicted molar refractivity (Wildman–Crippen MR) is 186 cm³/mol. The molecule has 0 unspecified atom stereocenters. The second-order valence-corrected chi connectivity index (χ2v) is 11.7. The lowest BCUT2D eigenvalue weighted by atomic mass is 10.1. The number of nitrogens with one attached hydrogen (secondary N) is 2. The van der Waals surface area contributed by atoms with E-state index in [2.05, 4.69) is 40.8 Å². The summed E-state index contributed by atoms with van der Waals surface area (Å²) in [5, 5.41) is 25.4. The number of benzene rings is 2. The second-order valence-electron chi connectivity index (χ2n) is 11.7. The van der Waals surface area contributed by atoms with E-state index in [9.17, 15) is 18.3 Å². The van der Waals surface area contributed by atoms with Gasteiger partial charge in [0.2, 0.25) is 17.8 Å². The van der Waals surface area contributed by atoms with Crippen molar-refractivity contribution in [2.75, 3.05) is 31.0 Å². The van der Waals surface area contributed by atoms with Gasteiger partial charge in [-0.1, -0.05) is 0 Å². The normalized spacial score (nSPS) is 11.7. The Morgan fingerprint density at radius 2 is 1.52 bits per heavy atom. The number of aryl methyl sites for hydroxylation is 2. The van der Waals surface area contributed by atoms with Crippen molar-refractivity contribution in [3.05, 3.63) is 89.9 Å². The summed E-state index contributed by atoms with van der Waals surface area (Å²) in [5.41, 5.74) is 3.68. The standard InChI is InChI=1S/C35H35F3N10O4/c1-6-51-29-8-7-21(9-26(29)36)30-19(2)12-39-34(44-30)42-24-14-41-48(16-24)17-25(49)18-52-33-20(3)31(22-10-27(37)32(50-5)28(38)11-22)45-35(46-33)43-23-13-40-47(4)15-23/h7-16,25,49H,6,17-18H2,1-5H3,(H,39,42,44)(H,43,45,46)/t25-/m1/s1. The van der Waals surface area contributed by atoms with Gasteiger partial charge in [0, 0.05) is 42.3 Å². The molecule has 0 saturated heterocycles. The number of rotatable bonds is 14. The number of methoxy groups -OCH3 is 1. The Morgan fingerprint density at radius 3 is 2.21 bits per heavy atom. The Bertz CT molecular complexity index is 2190. The minimum Gasteiger partial charge on any atom is -0.491 e. The van der Waals surface area contributed by atoms with Crippen LogP contribution in [0.15, 0.2) is 61.3 Å². The van der Waals surface area contributed by atoms with Crippen LogP contribution in [0.25, 0.3) is 22.5 Å². The summed E-state index contributed by atoms with van der Waals surface area (Å²) >= 11 is 0. The highest BCUT2D eigenvalue weighted by atomic mass is 19.1. The van der Waals surface area contributed by atoms with E-state index in [1.54, 1.807) is 62.5 Å². The third-order valence-corrected chi connectivity index (χ3v) is 7.71. The number of nitrogens with zero attached hydrogens (tertiary/aromatic N) is 8. The summed E-state index contributed by atoms with van der Waals surface area (Å²) in [7, 11) is 2.91. The molecule has 0 fully saturated rings. The molecule has 14 nitrogen and oxygen atoms in total. The maximum atomic E-state index is 14.7. The quantitative estimate of drug-likeness (QED) is 0.123. The van der Waals surface area contributed by atoms with Crippen molar-refractivity contribution in [3.8, 4) is 39.9 Å². The molecule has 0 amide bonds. The number of ether oxygens (including phenoxy) is 3. The van der Waals surface area contributed by atoms with Gasteiger partial charge < -0.3 is 30.0 Å². The van der Waals surface area contributed by atoms with Gasteiger partial charge in [0.15, 0.2) is 29.0 Å². The van der Waals surface area contributed by atoms with E-state index < -0.39 is 29.3 Å². The molecule has 0 spiro atoms. The first-order valence-electron chi connectivity index (χ1n) is 16.1. The predicted octanol–water partition coefficient (Wildman–Crippen LogP) is 5.90. The molecule has 0 bridgehead atoms. The molecular weight excluding hydrogens is 681 g/mol. The lowest BCUT2D eigenvalue weighted by molar-refractivity contribution is 0.0868. The number of anilines is 4. The van der Waals surface area contributed by atoms with Crippen LogP contribution < -0.4 is 24.8 Å². The average molecular weight is 717 g/mol. The lowest BCUT2D eigenvalue weighted by Crippen LogP contribution is -2.24. The molecule has 0 saturated carbocycles. The van der Waals surface area contributed by atoms with Gasteiger partial charge in [-0.25, -0.2) is 28.1 Å². The number of halogens is 3. The fourth-order valence-electron chi connectivity index (χ4n) is 5.30. The number of aliphatic hydroxyl groups excluding tert-OH is 1. The zero-order valence-corrected chi connectivity index (χ0v) is 28.9. The summed E-state index contributed by atoms with van der Waals surface area (Å²) in [5.74, 6) is -2.23. The maximum Gasteiger partial charge on any atom is 0.231 e. The minimum absolute atomic E-state index is 0.0415. The molecule has 0 aliphatic heterocycles. The highest BCUT2D eigenvalue weighted by Crippen LogP contribution is 2.34. The number of hydrogen-bond acceptors (Lipinski definition) is 12. The fraction of sp³-hybridized carbons (Fsp3) is 0.257. The first-order chi connectivity index (χ1) is 25.0. The third-order valence-electron chi connectivity index (χ3n) is 7.71. The van der Waals surface area contributed by atoms with E-state index in [4.69, 9.17) is 14.2 Å². The molecule has 52 heavy (non-hydrogen) atoms. The first-order valence-corrected chi connectivity index (χ1v) is 16.1. The van der Waals surface area contributed by atoms with Crippen molar-refractivity contribution < 1.29 is 32.5 Å². The molecular formula is C35H35F3N10O4. The van der Waals surface area contributed by atoms with Crippen molar-refractivity contribution in [1.82, 2.24) is 39.5 Å². The van der Waals surface area contributed by atoms with Crippen LogP contribution >= 0.6 is 0 Å². The Kier molecular flexibility index (Phi) is 10.5. The molecule has 270 valence electrons. The smallest absolute Gasteiger partial charge is 0.231 e. The molecule has 3 N–H and O–H groups in total. The van der Waals surface area contributed by atoms with E-state index in [0.717, 1.165) is 17.7 Å². The van der Waals surface area contributed by atoms with Crippen LogP contribution in [0.1, 0.15) is 18.1 Å². The van der Waals surface area contributed by atoms with Gasteiger partial charge in [-0.2, -0.15) is 15.2 Å². The average Bonchev–Trinajstić information content (AvgIpc) is 3.73. The monoisotopic (exact) mass is 716 g/mol. The number of aliphatic hydroxyl groups is 1. The van der Waals surface area contributed by atoms with Gasteiger partial charge in [0.05, 0.1) is 55.4 Å². The molecule has 6 aromatic rings. The summed E-state index contributed by atoms with van der Waals surface area (Å²) in [6.45, 7) is 5.43. The summed E-state index contributed by atoms with van der Waals surface area (Å²) in [6.07, 6.45) is 7.02. The van der Waals surface area contributed by atoms with Gasteiger partial charge >= 0.3 is 0 Å². The zero-order chi connectivity index (χ0) is 36.9. The molecule has 1 atom stereocenters. The topological polar surface area (TPSA) is 159 Å². The molecule has 0 aliphatic rings. The van der Waals surface area contributed by atoms with E-state index in [-0.39, 0.29) is 47.9 Å². The van der Waals surface area contributed by atoms with Crippen LogP contribution in [-0.2, 0) is 13.6 Å². The lowest BCUT2D eigenvalue weighted by Gasteiger charge is -2.17. The van der Waals surface area contributed by atoms with Gasteiger partial charge in [-0.05, 0) is 56.7 Å². The highest BCUT2D eigenvalue weighted by Gasteiger charge is 2.20. The van der Waals surface area contributed by atoms with Crippen molar-refractivity contribution in [2.45, 2.75) is 33.4 Å². The van der Waals surface area contributed by atoms with Crippen LogP contribution in [0.4, 0.5) is 36.4 Å². The maximum absolute atomic E-state index is 14.7. The van der Waals surface area contributed by atoms with E-state index in [0.29, 0.717) is 34.8 Å². The molecule has 0 aliphatic carbocycles. The highest BCUT2D eigenvalue weighted by molar-refractivity contribution is 5.69. The van der Waals surface area contributed by atoms with Gasteiger partial charge in [-0.15, -0.1) is 0 Å². The summed E-state index contributed by atoms with van der Waals surface area (Å²) in [6, 6.07) is 6.88. The molecule has 4 aromatic heterocycles. The van der Waals surface area contributed by atoms with E-state index in [1.165, 1.54) is 24.1 Å². The third kappa shape index (κ3) is 8.04. The molecule has 17 heteroatoms. The molecule has 6 rings (SSSR count). The van der Waals surface area contributed by atoms with E-state index >= 15 is 0 Å². The number of hydrogen-bond donors (Lipinski definition) is 3. The van der Waals surface area contributed by atoms with Crippen LogP contribution in [0.5, 0.6) is 17.4 Å². The fourth-order valence-corrected chi connectivity index (χ4v) is 5.30. The van der Waals surface area contributed by atoms with E-state index in [1.807, 2.05) is 6.92 Å².